The van der Waals surface area contributed by atoms with Crippen molar-refractivity contribution < 1.29 is 0 Å². The zero-order valence-corrected chi connectivity index (χ0v) is 11.3. The molecular weight excluding hydrogens is 246 g/mol. The molecule has 1 aromatic heterocycles. The Labute approximate surface area is 112 Å². The number of pyridine rings is 1. The van der Waals surface area contributed by atoms with Gasteiger partial charge in [0.05, 0.1) is 0 Å². The van der Waals surface area contributed by atoms with Crippen molar-refractivity contribution in [2.24, 2.45) is 0 Å². The number of aromatic nitrogens is 1. The highest BCUT2D eigenvalue weighted by Gasteiger charge is 2.07. The highest BCUT2D eigenvalue weighted by atomic mass is 35.5. The summed E-state index contributed by atoms with van der Waals surface area (Å²) < 4.78 is 0. The third-order valence-electron chi connectivity index (χ3n) is 2.86. The van der Waals surface area contributed by atoms with Gasteiger partial charge in [0.25, 0.3) is 0 Å². The van der Waals surface area contributed by atoms with E-state index in [0.717, 1.165) is 12.4 Å². The van der Waals surface area contributed by atoms with E-state index in [1.165, 1.54) is 11.1 Å². The third-order valence-corrected chi connectivity index (χ3v) is 3.06. The predicted octanol–water partition coefficient (Wildman–Crippen LogP) is 3.26. The second-order valence-electron chi connectivity index (χ2n) is 4.36. The van der Waals surface area contributed by atoms with Crippen LogP contribution in [0.3, 0.4) is 0 Å². The van der Waals surface area contributed by atoms with E-state index in [-0.39, 0.29) is 0 Å². The van der Waals surface area contributed by atoms with Crippen LogP contribution in [0, 0.1) is 6.92 Å². The largest absolute Gasteiger partial charge is 0.399 e. The van der Waals surface area contributed by atoms with Crippen LogP contribution in [-0.2, 0) is 6.54 Å². The zero-order chi connectivity index (χ0) is 13.1. The first-order chi connectivity index (χ1) is 8.56. The molecule has 94 valence electrons. The van der Waals surface area contributed by atoms with Crippen LogP contribution in [0.25, 0.3) is 0 Å². The van der Waals surface area contributed by atoms with Gasteiger partial charge in [-0.15, -0.1) is 0 Å². The fourth-order valence-corrected chi connectivity index (χ4v) is 2.03. The minimum Gasteiger partial charge on any atom is -0.399 e. The van der Waals surface area contributed by atoms with Crippen molar-refractivity contribution >= 4 is 23.1 Å². The Morgan fingerprint density at radius 3 is 2.67 bits per heavy atom. The van der Waals surface area contributed by atoms with Crippen LogP contribution in [0.15, 0.2) is 36.4 Å². The Bertz CT molecular complexity index is 534. The van der Waals surface area contributed by atoms with Gasteiger partial charge in [-0.1, -0.05) is 35.9 Å². The Morgan fingerprint density at radius 1 is 1.28 bits per heavy atom. The first kappa shape index (κ1) is 12.7. The molecule has 2 N–H and O–H groups in total. The second kappa shape index (κ2) is 5.27. The standard InChI is InChI=1S/C14H16ClN3/c1-10-5-3-4-6-11(10)9-18(2)14-8-12(16)7-13(15)17-14/h3-8H,9H2,1-2H3,(H2,16,17). The van der Waals surface area contributed by atoms with E-state index in [0.29, 0.717) is 10.8 Å². The van der Waals surface area contributed by atoms with Crippen LogP contribution >= 0.6 is 11.6 Å². The summed E-state index contributed by atoms with van der Waals surface area (Å²) >= 11 is 5.91. The number of benzene rings is 1. The number of halogens is 1. The maximum absolute atomic E-state index is 5.91. The second-order valence-corrected chi connectivity index (χ2v) is 4.75. The minimum absolute atomic E-state index is 0.418. The molecule has 0 aliphatic rings. The Hall–Kier alpha value is -1.74. The van der Waals surface area contributed by atoms with Crippen LogP contribution < -0.4 is 10.6 Å². The van der Waals surface area contributed by atoms with E-state index in [4.69, 9.17) is 17.3 Å². The quantitative estimate of drug-likeness (QED) is 0.863. The number of aryl methyl sites for hydroxylation is 1. The summed E-state index contributed by atoms with van der Waals surface area (Å²) in [6.45, 7) is 2.88. The number of nitrogen functional groups attached to an aromatic ring is 1. The zero-order valence-electron chi connectivity index (χ0n) is 10.5. The van der Waals surface area contributed by atoms with Gasteiger partial charge in [-0.05, 0) is 24.1 Å². The number of nitrogens with zero attached hydrogens (tertiary/aromatic N) is 2. The van der Waals surface area contributed by atoms with Crippen molar-refractivity contribution in [2.75, 3.05) is 17.7 Å². The van der Waals surface area contributed by atoms with E-state index < -0.39 is 0 Å². The van der Waals surface area contributed by atoms with E-state index in [9.17, 15) is 0 Å². The number of hydrogen-bond acceptors (Lipinski definition) is 3. The van der Waals surface area contributed by atoms with E-state index in [1.54, 1.807) is 6.07 Å². The number of anilines is 2. The molecule has 2 aromatic rings. The van der Waals surface area contributed by atoms with Gasteiger partial charge >= 0.3 is 0 Å². The molecule has 18 heavy (non-hydrogen) atoms. The average Bonchev–Trinajstić information content (AvgIpc) is 2.31. The van der Waals surface area contributed by atoms with Crippen molar-refractivity contribution in [3.05, 3.63) is 52.7 Å². The van der Waals surface area contributed by atoms with Gasteiger partial charge < -0.3 is 10.6 Å². The fourth-order valence-electron chi connectivity index (χ4n) is 1.82. The molecule has 0 bridgehead atoms. The predicted molar refractivity (Wildman–Crippen MR) is 76.9 cm³/mol. The van der Waals surface area contributed by atoms with Gasteiger partial charge in [0.2, 0.25) is 0 Å². The first-order valence-electron chi connectivity index (χ1n) is 5.75. The average molecular weight is 262 g/mol. The van der Waals surface area contributed by atoms with E-state index in [2.05, 4.69) is 24.0 Å². The lowest BCUT2D eigenvalue weighted by molar-refractivity contribution is 0.891. The first-order valence-corrected chi connectivity index (χ1v) is 6.13. The van der Waals surface area contributed by atoms with Crippen molar-refractivity contribution in [1.82, 2.24) is 4.98 Å². The van der Waals surface area contributed by atoms with Crippen LogP contribution in [0.4, 0.5) is 11.5 Å². The molecule has 2 rings (SSSR count). The summed E-state index contributed by atoms with van der Waals surface area (Å²) in [5, 5.41) is 0.418. The van der Waals surface area contributed by atoms with Crippen LogP contribution in [-0.4, -0.2) is 12.0 Å². The van der Waals surface area contributed by atoms with Gasteiger partial charge in [0, 0.05) is 25.3 Å². The molecule has 0 unspecified atom stereocenters. The lowest BCUT2D eigenvalue weighted by Crippen LogP contribution is -2.18. The molecule has 0 aliphatic carbocycles. The molecule has 0 saturated heterocycles. The van der Waals surface area contributed by atoms with Crippen molar-refractivity contribution in [3.63, 3.8) is 0 Å². The number of nitrogens with two attached hydrogens (primary N) is 1. The minimum atomic E-state index is 0.418. The smallest absolute Gasteiger partial charge is 0.133 e. The van der Waals surface area contributed by atoms with Gasteiger partial charge in [-0.3, -0.25) is 0 Å². The third kappa shape index (κ3) is 2.93. The topological polar surface area (TPSA) is 42.1 Å². The summed E-state index contributed by atoms with van der Waals surface area (Å²) in [5.74, 6) is 0.781. The highest BCUT2D eigenvalue weighted by molar-refractivity contribution is 6.29. The molecule has 0 saturated carbocycles. The summed E-state index contributed by atoms with van der Waals surface area (Å²) in [5.41, 5.74) is 8.92. The molecular formula is C14H16ClN3. The molecule has 0 atom stereocenters. The maximum Gasteiger partial charge on any atom is 0.133 e. The summed E-state index contributed by atoms with van der Waals surface area (Å²) in [4.78, 5) is 6.30. The molecule has 1 aromatic carbocycles. The van der Waals surface area contributed by atoms with Crippen LogP contribution in [0.5, 0.6) is 0 Å². The molecule has 0 spiro atoms. The highest BCUT2D eigenvalue weighted by Crippen LogP contribution is 2.20. The molecule has 0 radical (unpaired) electrons. The lowest BCUT2D eigenvalue weighted by atomic mass is 10.1. The Balaban J connectivity index is 2.22. The maximum atomic E-state index is 5.91. The SMILES string of the molecule is Cc1ccccc1CN(C)c1cc(N)cc(Cl)n1. The number of hydrogen-bond donors (Lipinski definition) is 1. The summed E-state index contributed by atoms with van der Waals surface area (Å²) in [7, 11) is 1.98. The molecule has 4 heteroatoms. The molecule has 1 heterocycles. The molecule has 0 aliphatic heterocycles. The molecule has 3 nitrogen and oxygen atoms in total. The lowest BCUT2D eigenvalue weighted by Gasteiger charge is -2.20. The van der Waals surface area contributed by atoms with E-state index in [1.807, 2.05) is 30.1 Å². The van der Waals surface area contributed by atoms with Crippen molar-refractivity contribution in [1.29, 1.82) is 0 Å². The molecule has 0 amide bonds. The monoisotopic (exact) mass is 261 g/mol. The summed E-state index contributed by atoms with van der Waals surface area (Å²) in [6.07, 6.45) is 0. The summed E-state index contributed by atoms with van der Waals surface area (Å²) in [6, 6.07) is 11.8. The van der Waals surface area contributed by atoms with Gasteiger partial charge in [-0.2, -0.15) is 0 Å². The van der Waals surface area contributed by atoms with Crippen LogP contribution in [0.1, 0.15) is 11.1 Å². The van der Waals surface area contributed by atoms with Gasteiger partial charge in [0.1, 0.15) is 11.0 Å². The van der Waals surface area contributed by atoms with Crippen LogP contribution in [0.2, 0.25) is 5.15 Å². The van der Waals surface area contributed by atoms with Crippen molar-refractivity contribution in [3.8, 4) is 0 Å². The van der Waals surface area contributed by atoms with E-state index >= 15 is 0 Å². The Morgan fingerprint density at radius 2 is 2.00 bits per heavy atom. The van der Waals surface area contributed by atoms with Gasteiger partial charge in [0.15, 0.2) is 0 Å². The molecule has 0 fully saturated rings. The van der Waals surface area contributed by atoms with Crippen molar-refractivity contribution in [2.45, 2.75) is 13.5 Å². The fraction of sp³-hybridized carbons (Fsp3) is 0.214. The normalized spacial score (nSPS) is 10.4. The van der Waals surface area contributed by atoms with Gasteiger partial charge in [-0.25, -0.2) is 4.98 Å². The Kier molecular flexibility index (Phi) is 3.72. The number of rotatable bonds is 3.